The number of nitrogens with zero attached hydrogens (tertiary/aromatic N) is 2. The predicted molar refractivity (Wildman–Crippen MR) is 122 cm³/mol. The first-order chi connectivity index (χ1) is 14.5. The standard InChI is InChI=1S/C23H28N4O2S/c1-26(2)21(28)15-27-12-11-17-14-18(9-10-19(17)27)24-23(29)25-22(16-6-3-4-7-16)20-8-5-13-30-20/h5,8-14,16,22H,3-4,6-7,15H2,1-2H3,(H2,24,25,29). The van der Waals surface area contributed by atoms with Crippen LogP contribution in [0.1, 0.15) is 36.6 Å². The molecule has 1 aromatic carbocycles. The Bertz CT molecular complexity index is 1020. The zero-order valence-corrected chi connectivity index (χ0v) is 18.2. The van der Waals surface area contributed by atoms with Crippen molar-refractivity contribution >= 4 is 39.9 Å². The van der Waals surface area contributed by atoms with Gasteiger partial charge < -0.3 is 20.1 Å². The van der Waals surface area contributed by atoms with Crippen molar-refractivity contribution in [2.45, 2.75) is 38.3 Å². The molecule has 3 amide bonds. The van der Waals surface area contributed by atoms with Gasteiger partial charge in [-0.1, -0.05) is 18.9 Å². The molecule has 0 bridgehead atoms. The van der Waals surface area contributed by atoms with E-state index >= 15 is 0 Å². The van der Waals surface area contributed by atoms with E-state index in [0.29, 0.717) is 12.5 Å². The number of carbonyl (C=O) groups excluding carboxylic acids is 2. The first kappa shape index (κ1) is 20.5. The predicted octanol–water partition coefficient (Wildman–Crippen LogP) is 4.84. The third kappa shape index (κ3) is 4.51. The van der Waals surface area contributed by atoms with Crippen LogP contribution in [0.25, 0.3) is 10.9 Å². The Morgan fingerprint density at radius 3 is 2.70 bits per heavy atom. The zero-order valence-electron chi connectivity index (χ0n) is 17.4. The van der Waals surface area contributed by atoms with Crippen LogP contribution in [-0.4, -0.2) is 35.5 Å². The molecule has 0 radical (unpaired) electrons. The van der Waals surface area contributed by atoms with Gasteiger partial charge in [-0.2, -0.15) is 0 Å². The molecule has 2 heterocycles. The van der Waals surface area contributed by atoms with E-state index in [2.05, 4.69) is 22.1 Å². The second-order valence-corrected chi connectivity index (χ2v) is 9.12. The van der Waals surface area contributed by atoms with Gasteiger partial charge in [0.25, 0.3) is 0 Å². The van der Waals surface area contributed by atoms with Crippen molar-refractivity contribution in [3.8, 4) is 0 Å². The molecule has 1 unspecified atom stereocenters. The van der Waals surface area contributed by atoms with Crippen molar-refractivity contribution in [1.82, 2.24) is 14.8 Å². The fourth-order valence-corrected chi connectivity index (χ4v) is 5.06. The van der Waals surface area contributed by atoms with Gasteiger partial charge in [-0.05, 0) is 54.5 Å². The van der Waals surface area contributed by atoms with Crippen molar-refractivity contribution in [2.75, 3.05) is 19.4 Å². The summed E-state index contributed by atoms with van der Waals surface area (Å²) in [7, 11) is 3.51. The van der Waals surface area contributed by atoms with Crippen LogP contribution in [0.2, 0.25) is 0 Å². The highest BCUT2D eigenvalue weighted by Crippen LogP contribution is 2.37. The van der Waals surface area contributed by atoms with E-state index in [4.69, 9.17) is 0 Å². The molecule has 1 fully saturated rings. The maximum Gasteiger partial charge on any atom is 0.319 e. The largest absolute Gasteiger partial charge is 0.347 e. The number of nitrogens with one attached hydrogen (secondary N) is 2. The van der Waals surface area contributed by atoms with E-state index in [1.807, 2.05) is 41.1 Å². The summed E-state index contributed by atoms with van der Waals surface area (Å²) in [5.74, 6) is 0.542. The van der Waals surface area contributed by atoms with Crippen LogP contribution < -0.4 is 10.6 Å². The molecule has 3 aromatic rings. The smallest absolute Gasteiger partial charge is 0.319 e. The van der Waals surface area contributed by atoms with Crippen LogP contribution in [0.4, 0.5) is 10.5 Å². The maximum absolute atomic E-state index is 12.8. The molecule has 4 rings (SSSR count). The molecule has 1 aliphatic rings. The topological polar surface area (TPSA) is 66.4 Å². The van der Waals surface area contributed by atoms with E-state index in [1.54, 1.807) is 30.3 Å². The van der Waals surface area contributed by atoms with E-state index in [0.717, 1.165) is 29.4 Å². The number of fused-ring (bicyclic) bond motifs is 1. The highest BCUT2D eigenvalue weighted by atomic mass is 32.1. The number of rotatable bonds is 6. The number of amides is 3. The summed E-state index contributed by atoms with van der Waals surface area (Å²) in [6.45, 7) is 0.299. The molecule has 30 heavy (non-hydrogen) atoms. The van der Waals surface area contributed by atoms with Gasteiger partial charge in [0.1, 0.15) is 6.54 Å². The number of carbonyl (C=O) groups is 2. The Morgan fingerprint density at radius 2 is 2.00 bits per heavy atom. The monoisotopic (exact) mass is 424 g/mol. The molecule has 7 heteroatoms. The number of hydrogen-bond acceptors (Lipinski definition) is 3. The molecular weight excluding hydrogens is 396 g/mol. The van der Waals surface area contributed by atoms with Gasteiger partial charge >= 0.3 is 6.03 Å². The lowest BCUT2D eigenvalue weighted by atomic mass is 9.97. The van der Waals surface area contributed by atoms with Crippen molar-refractivity contribution in [2.24, 2.45) is 5.92 Å². The Labute approximate surface area is 180 Å². The van der Waals surface area contributed by atoms with Gasteiger partial charge in [-0.3, -0.25) is 4.79 Å². The molecular formula is C23H28N4O2S. The van der Waals surface area contributed by atoms with Gasteiger partial charge in [0.05, 0.1) is 6.04 Å². The molecule has 158 valence electrons. The van der Waals surface area contributed by atoms with Gasteiger partial charge in [0.15, 0.2) is 0 Å². The molecule has 1 saturated carbocycles. The van der Waals surface area contributed by atoms with Gasteiger partial charge in [-0.25, -0.2) is 4.79 Å². The van der Waals surface area contributed by atoms with Crippen molar-refractivity contribution in [3.63, 3.8) is 0 Å². The van der Waals surface area contributed by atoms with Crippen LogP contribution in [0.3, 0.4) is 0 Å². The number of hydrogen-bond donors (Lipinski definition) is 2. The van der Waals surface area contributed by atoms with Gasteiger partial charge in [-0.15, -0.1) is 11.3 Å². The highest BCUT2D eigenvalue weighted by molar-refractivity contribution is 7.10. The quantitative estimate of drug-likeness (QED) is 0.594. The molecule has 0 spiro atoms. The minimum Gasteiger partial charge on any atom is -0.347 e. The van der Waals surface area contributed by atoms with E-state index in [1.165, 1.54) is 17.7 Å². The van der Waals surface area contributed by atoms with Crippen molar-refractivity contribution < 1.29 is 9.59 Å². The van der Waals surface area contributed by atoms with Crippen LogP contribution in [0, 0.1) is 5.92 Å². The number of benzene rings is 1. The van der Waals surface area contributed by atoms with Crippen molar-refractivity contribution in [3.05, 3.63) is 52.9 Å². The summed E-state index contributed by atoms with van der Waals surface area (Å²) in [6, 6.07) is 11.8. The molecule has 6 nitrogen and oxygen atoms in total. The number of anilines is 1. The van der Waals surface area contributed by atoms with Crippen LogP contribution in [-0.2, 0) is 11.3 Å². The summed E-state index contributed by atoms with van der Waals surface area (Å²) < 4.78 is 1.93. The average molecular weight is 425 g/mol. The van der Waals surface area contributed by atoms with Crippen LogP contribution in [0.15, 0.2) is 48.0 Å². The van der Waals surface area contributed by atoms with Gasteiger partial charge in [0, 0.05) is 41.8 Å². The van der Waals surface area contributed by atoms with E-state index in [9.17, 15) is 9.59 Å². The lowest BCUT2D eigenvalue weighted by Gasteiger charge is -2.24. The molecule has 2 N–H and O–H groups in total. The minimum absolute atomic E-state index is 0.0422. The summed E-state index contributed by atoms with van der Waals surface area (Å²) in [5.41, 5.74) is 1.71. The number of likely N-dealkylation sites (N-methyl/N-ethyl adjacent to an activating group) is 1. The lowest BCUT2D eigenvalue weighted by Crippen LogP contribution is -2.35. The first-order valence-electron chi connectivity index (χ1n) is 10.4. The second kappa shape index (κ2) is 8.92. The summed E-state index contributed by atoms with van der Waals surface area (Å²) in [5, 5.41) is 9.25. The van der Waals surface area contributed by atoms with E-state index in [-0.39, 0.29) is 18.0 Å². The maximum atomic E-state index is 12.8. The summed E-state index contributed by atoms with van der Waals surface area (Å²) in [6.07, 6.45) is 6.70. The first-order valence-corrected chi connectivity index (χ1v) is 11.3. The fourth-order valence-electron chi connectivity index (χ4n) is 4.19. The summed E-state index contributed by atoms with van der Waals surface area (Å²) >= 11 is 1.70. The lowest BCUT2D eigenvalue weighted by molar-refractivity contribution is -0.129. The third-order valence-electron chi connectivity index (χ3n) is 5.84. The normalized spacial score (nSPS) is 15.3. The fraction of sp³-hybridized carbons (Fsp3) is 0.391. The number of urea groups is 1. The van der Waals surface area contributed by atoms with Crippen LogP contribution in [0.5, 0.6) is 0 Å². The molecule has 1 atom stereocenters. The Balaban J connectivity index is 1.45. The Kier molecular flexibility index (Phi) is 6.08. The minimum atomic E-state index is -0.179. The SMILES string of the molecule is CN(C)C(=O)Cn1ccc2cc(NC(=O)NC(c3cccs3)C3CCCC3)ccc21. The molecule has 0 saturated heterocycles. The zero-order chi connectivity index (χ0) is 21.1. The molecule has 2 aromatic heterocycles. The molecule has 0 aliphatic heterocycles. The van der Waals surface area contributed by atoms with E-state index < -0.39 is 0 Å². The van der Waals surface area contributed by atoms with Gasteiger partial charge in [0.2, 0.25) is 5.91 Å². The number of aromatic nitrogens is 1. The highest BCUT2D eigenvalue weighted by Gasteiger charge is 2.28. The average Bonchev–Trinajstić information content (AvgIpc) is 3.48. The Morgan fingerprint density at radius 1 is 1.20 bits per heavy atom. The number of thiophene rings is 1. The Hall–Kier alpha value is -2.80. The second-order valence-electron chi connectivity index (χ2n) is 8.14. The summed E-state index contributed by atoms with van der Waals surface area (Å²) in [4.78, 5) is 27.6. The van der Waals surface area contributed by atoms with Crippen LogP contribution >= 0.6 is 11.3 Å². The van der Waals surface area contributed by atoms with Crippen molar-refractivity contribution in [1.29, 1.82) is 0 Å². The molecule has 1 aliphatic carbocycles. The third-order valence-corrected chi connectivity index (χ3v) is 6.80.